The van der Waals surface area contributed by atoms with Crippen molar-refractivity contribution >= 4 is 88.8 Å². The number of carbonyl (C=O) groups excluding carboxylic acids is 13. The van der Waals surface area contributed by atoms with Crippen molar-refractivity contribution in [3.8, 4) is 0 Å². The molecule has 1 unspecified atom stereocenters. The number of hydrogen-bond acceptors (Lipinski definition) is 20. The SMILES string of the molecule is CC[C@H](C)[C@H](NC(=O)[C@@H](CCCNC(=O)OCc1ccccc1)NC(=O)[C@H](CC(C)C)NC(=O)[C@@H](NC(=O)[C@H](Cc1cccc(N)c1)NC(=O)[C@H](CC(C)(C)C)NC(=O)[C@@H](CC(C)(C)C)NC(=O)OCc1ccccc1)C(O)C(C)C)C(=O)N[C@H](C(=O)NCC(=O)N[C@@H](CC(N)=O)C(=O)N[C@@H](CO)C(=O)O)[C@H](C)O. The van der Waals surface area contributed by atoms with Crippen LogP contribution in [0.3, 0.4) is 0 Å². The maximum absolute atomic E-state index is 15.0. The normalized spacial score (nSPS) is 15.0. The Hall–Kier alpha value is -10.5. The van der Waals surface area contributed by atoms with Crippen LogP contribution < -0.4 is 75.3 Å². The first-order valence-electron chi connectivity index (χ1n) is 36.3. The van der Waals surface area contributed by atoms with E-state index < -0.39 is 198 Å². The Labute approximate surface area is 635 Å². The van der Waals surface area contributed by atoms with Crippen LogP contribution in [0.1, 0.15) is 152 Å². The summed E-state index contributed by atoms with van der Waals surface area (Å²) >= 11 is 0. The van der Waals surface area contributed by atoms with E-state index in [1.54, 1.807) is 126 Å². The van der Waals surface area contributed by atoms with E-state index in [9.17, 15) is 82.8 Å². The van der Waals surface area contributed by atoms with Gasteiger partial charge < -0.3 is 105 Å². The van der Waals surface area contributed by atoms with Gasteiger partial charge in [0.2, 0.25) is 65.0 Å². The van der Waals surface area contributed by atoms with E-state index >= 15 is 4.79 Å². The molecule has 3 aromatic carbocycles. The molecule has 3 aromatic rings. The molecule has 3 rings (SSSR count). The molecule has 20 N–H and O–H groups in total. The maximum atomic E-state index is 15.0. The van der Waals surface area contributed by atoms with Gasteiger partial charge in [0.05, 0.1) is 31.8 Å². The van der Waals surface area contributed by atoms with E-state index in [4.69, 9.17) is 20.9 Å². The number of carboxylic acid groups (broad SMARTS) is 1. The Morgan fingerprint density at radius 3 is 1.45 bits per heavy atom. The smallest absolute Gasteiger partial charge is 0.408 e. The van der Waals surface area contributed by atoms with Gasteiger partial charge >= 0.3 is 18.2 Å². The number of nitrogens with two attached hydrogens (primary N) is 2. The lowest BCUT2D eigenvalue weighted by Crippen LogP contribution is -2.63. The minimum absolute atomic E-state index is 0.00759. The molecule has 34 nitrogen and oxygen atoms in total. The van der Waals surface area contributed by atoms with Crippen LogP contribution in [0.2, 0.25) is 0 Å². The molecule has 34 heteroatoms. The van der Waals surface area contributed by atoms with Crippen LogP contribution in [0.4, 0.5) is 15.3 Å². The van der Waals surface area contributed by atoms with E-state index in [1.807, 2.05) is 46.9 Å². The quantitative estimate of drug-likeness (QED) is 0.0272. The number of carbonyl (C=O) groups is 14. The standard InChI is InChI=1S/C75H114N14O20/c1-14-43(6)58(69(102)88-59(44(7)91)68(101)79-37-57(93)80-52(34-56(77)92)64(97)85-55(38-90)71(104)105)87-62(95)49(29-22-30-78-72(106)108-39-45-23-17-15-18-24-45)81-63(96)50(31-41(2)3)83-70(103)60(61(94)42(4)5)89-65(98)51(33-47-27-21-28-48(76)32-47)82-66(99)53(35-74(8,9)10)84-67(100)54(36-75(11,12)13)86-73(107)109-40-46-25-19-16-20-26-46/h15-21,23-28,32,41-44,49-55,58-61,90-91,94H,14,22,29-31,33-40,76H2,1-13H3,(H2,77,92)(H,78,106)(H,79,101)(H,80,93)(H,81,96)(H,82,99)(H,83,103)(H,84,100)(H,85,97)(H,86,107)(H,87,95)(H,88,102)(H,89,98)(H,104,105)/t43-,44-,49+,50-,51-,52-,53-,54+,55-,58-,59-,60-,61?/m0/s1. The van der Waals surface area contributed by atoms with Crippen LogP contribution in [0.5, 0.6) is 0 Å². The number of amides is 13. The number of hydrogen-bond donors (Lipinski definition) is 18. The fraction of sp³-hybridized carbons (Fsp3) is 0.573. The van der Waals surface area contributed by atoms with Crippen molar-refractivity contribution in [3.63, 3.8) is 0 Å². The largest absolute Gasteiger partial charge is 0.480 e. The van der Waals surface area contributed by atoms with Gasteiger partial charge in [-0.2, -0.15) is 0 Å². The van der Waals surface area contributed by atoms with E-state index in [1.165, 1.54) is 0 Å². The van der Waals surface area contributed by atoms with Gasteiger partial charge in [-0.1, -0.05) is 162 Å². The number of nitrogen functional groups attached to an aromatic ring is 1. The van der Waals surface area contributed by atoms with Crippen LogP contribution in [0.25, 0.3) is 0 Å². The van der Waals surface area contributed by atoms with E-state index in [2.05, 4.69) is 58.5 Å². The van der Waals surface area contributed by atoms with Crippen molar-refractivity contribution < 1.29 is 97.0 Å². The Bertz CT molecular complexity index is 3530. The molecule has 0 bridgehead atoms. The average Bonchev–Trinajstić information content (AvgIpc) is 0.836. The van der Waals surface area contributed by atoms with Gasteiger partial charge in [0.15, 0.2) is 0 Å². The van der Waals surface area contributed by atoms with Gasteiger partial charge in [-0.3, -0.25) is 52.7 Å². The van der Waals surface area contributed by atoms with Crippen LogP contribution in [0, 0.1) is 28.6 Å². The molecule has 0 aliphatic rings. The third-order valence-electron chi connectivity index (χ3n) is 17.0. The number of aliphatic hydroxyl groups is 3. The minimum atomic E-state index is -1.86. The number of benzene rings is 3. The number of alkyl carbamates (subject to hydrolysis) is 2. The molecule has 0 spiro atoms. The zero-order valence-corrected chi connectivity index (χ0v) is 64.4. The Balaban J connectivity index is 2.03. The molecule has 0 radical (unpaired) electrons. The van der Waals surface area contributed by atoms with Gasteiger partial charge in [0.25, 0.3) is 0 Å². The highest BCUT2D eigenvalue weighted by Crippen LogP contribution is 2.25. The predicted molar refractivity (Wildman–Crippen MR) is 400 cm³/mol. The molecule has 0 heterocycles. The van der Waals surface area contributed by atoms with Gasteiger partial charge in [-0.15, -0.1) is 0 Å². The predicted octanol–water partition coefficient (Wildman–Crippen LogP) is 0.607. The number of aliphatic hydroxyl groups excluding tert-OH is 3. The first-order valence-corrected chi connectivity index (χ1v) is 36.3. The van der Waals surface area contributed by atoms with Crippen molar-refractivity contribution in [2.75, 3.05) is 25.4 Å². The molecule has 0 aromatic heterocycles. The summed E-state index contributed by atoms with van der Waals surface area (Å²) in [6.45, 7) is 19.6. The van der Waals surface area contributed by atoms with E-state index in [0.29, 0.717) is 22.4 Å². The number of anilines is 1. The fourth-order valence-corrected chi connectivity index (χ4v) is 11.0. The summed E-state index contributed by atoms with van der Waals surface area (Å²) in [6, 6.07) is 7.98. The van der Waals surface area contributed by atoms with Gasteiger partial charge in [-0.25, -0.2) is 14.4 Å². The first kappa shape index (κ1) is 92.7. The van der Waals surface area contributed by atoms with Crippen molar-refractivity contribution in [1.29, 1.82) is 0 Å². The van der Waals surface area contributed by atoms with Crippen molar-refractivity contribution in [2.45, 2.75) is 227 Å². The second-order valence-corrected chi connectivity index (χ2v) is 30.2. The van der Waals surface area contributed by atoms with Crippen molar-refractivity contribution in [1.82, 2.24) is 63.8 Å². The van der Waals surface area contributed by atoms with Crippen LogP contribution in [0.15, 0.2) is 84.9 Å². The summed E-state index contributed by atoms with van der Waals surface area (Å²) in [7, 11) is 0. The van der Waals surface area contributed by atoms with Gasteiger partial charge in [-0.05, 0) is 96.4 Å². The summed E-state index contributed by atoms with van der Waals surface area (Å²) in [5, 5.41) is 71.3. The Kier molecular flexibility index (Phi) is 38.6. The highest BCUT2D eigenvalue weighted by Gasteiger charge is 2.40. The monoisotopic (exact) mass is 1530 g/mol. The molecular formula is C75H114N14O20. The molecule has 0 saturated carbocycles. The molecule has 0 fully saturated rings. The Morgan fingerprint density at radius 2 is 0.945 bits per heavy atom. The summed E-state index contributed by atoms with van der Waals surface area (Å²) in [6.07, 6.45) is -6.29. The lowest BCUT2D eigenvalue weighted by molar-refractivity contribution is -0.143. The lowest BCUT2D eigenvalue weighted by atomic mass is 9.86. The fourth-order valence-electron chi connectivity index (χ4n) is 11.0. The van der Waals surface area contributed by atoms with Gasteiger partial charge in [0.1, 0.15) is 73.6 Å². The second kappa shape index (κ2) is 45.4. The third kappa shape index (κ3) is 35.0. The summed E-state index contributed by atoms with van der Waals surface area (Å²) in [4.78, 5) is 192. The van der Waals surface area contributed by atoms with Gasteiger partial charge in [0, 0.05) is 18.7 Å². The molecule has 0 aliphatic carbocycles. The molecule has 13 amide bonds. The molecule has 0 aliphatic heterocycles. The third-order valence-corrected chi connectivity index (χ3v) is 17.0. The average molecular weight is 1530 g/mol. The number of rotatable bonds is 44. The number of carboxylic acids is 1. The zero-order valence-electron chi connectivity index (χ0n) is 64.4. The van der Waals surface area contributed by atoms with E-state index in [0.717, 1.165) is 6.92 Å². The van der Waals surface area contributed by atoms with Crippen LogP contribution in [-0.4, -0.2) is 196 Å². The van der Waals surface area contributed by atoms with Crippen LogP contribution >= 0.6 is 0 Å². The van der Waals surface area contributed by atoms with E-state index in [-0.39, 0.29) is 70.6 Å². The molecule has 13 atom stereocenters. The molecule has 109 heavy (non-hydrogen) atoms. The topological polar surface area (TPSA) is 535 Å². The Morgan fingerprint density at radius 1 is 0.486 bits per heavy atom. The highest BCUT2D eigenvalue weighted by molar-refractivity contribution is 5.99. The van der Waals surface area contributed by atoms with Crippen LogP contribution in [-0.2, 0) is 86.6 Å². The first-order chi connectivity index (χ1) is 51.0. The minimum Gasteiger partial charge on any atom is -0.480 e. The molecule has 0 saturated heterocycles. The molecular weight excluding hydrogens is 1420 g/mol. The number of aliphatic carboxylic acids is 1. The molecule has 604 valence electrons. The maximum Gasteiger partial charge on any atom is 0.408 e. The number of primary amides is 1. The second-order valence-electron chi connectivity index (χ2n) is 30.2. The summed E-state index contributed by atoms with van der Waals surface area (Å²) in [5.41, 5.74) is 12.4. The lowest BCUT2D eigenvalue weighted by Gasteiger charge is -2.32. The van der Waals surface area contributed by atoms with Crippen molar-refractivity contribution in [2.24, 2.45) is 34.3 Å². The highest BCUT2D eigenvalue weighted by atomic mass is 16.6. The number of ether oxygens (including phenoxy) is 2. The summed E-state index contributed by atoms with van der Waals surface area (Å²) in [5.74, 6) is -14.8. The van der Waals surface area contributed by atoms with Crippen molar-refractivity contribution in [3.05, 3.63) is 102 Å². The number of nitrogens with one attached hydrogen (secondary N) is 12. The zero-order chi connectivity index (χ0) is 82.0. The summed E-state index contributed by atoms with van der Waals surface area (Å²) < 4.78 is 10.8.